The lowest BCUT2D eigenvalue weighted by atomic mass is 9.94. The number of aryl methyl sites for hydroxylation is 2. The van der Waals surface area contributed by atoms with E-state index in [1.54, 1.807) is 0 Å². The van der Waals surface area contributed by atoms with Crippen LogP contribution in [0, 0.1) is 13.8 Å². The van der Waals surface area contributed by atoms with Crippen LogP contribution < -0.4 is 4.74 Å². The van der Waals surface area contributed by atoms with Crippen LogP contribution >= 0.6 is 15.9 Å². The number of ketones is 1. The Labute approximate surface area is 97.8 Å². The molecule has 2 rings (SSSR count). The number of benzene rings is 1. The lowest BCUT2D eigenvalue weighted by Crippen LogP contribution is -2.33. The van der Waals surface area contributed by atoms with E-state index in [2.05, 4.69) is 15.9 Å². The van der Waals surface area contributed by atoms with Crippen LogP contribution in [-0.4, -0.2) is 11.9 Å². The van der Waals surface area contributed by atoms with Gasteiger partial charge in [-0.15, -0.1) is 0 Å². The second-order valence-electron chi connectivity index (χ2n) is 4.06. The van der Waals surface area contributed by atoms with Gasteiger partial charge >= 0.3 is 0 Å². The van der Waals surface area contributed by atoms with E-state index in [0.29, 0.717) is 18.6 Å². The van der Waals surface area contributed by atoms with E-state index in [-0.39, 0.29) is 6.10 Å². The summed E-state index contributed by atoms with van der Waals surface area (Å²) < 4.78 is 6.82. The standard InChI is InChI=1S/C12H13BrO2/c1-7-3-10(4-8(2)12(7)13)15-11-5-9(14)6-11/h3-4,11H,5-6H2,1-2H3. The highest BCUT2D eigenvalue weighted by Gasteiger charge is 2.28. The van der Waals surface area contributed by atoms with Crippen LogP contribution in [0.25, 0.3) is 0 Å². The van der Waals surface area contributed by atoms with Crippen LogP contribution in [0.1, 0.15) is 24.0 Å². The molecule has 1 saturated carbocycles. The summed E-state index contributed by atoms with van der Waals surface area (Å²) in [5, 5.41) is 0. The second-order valence-corrected chi connectivity index (χ2v) is 4.85. The fraction of sp³-hybridized carbons (Fsp3) is 0.417. The topological polar surface area (TPSA) is 26.3 Å². The molecule has 0 spiro atoms. The summed E-state index contributed by atoms with van der Waals surface area (Å²) >= 11 is 3.51. The van der Waals surface area contributed by atoms with Gasteiger partial charge in [-0.25, -0.2) is 0 Å². The van der Waals surface area contributed by atoms with Gasteiger partial charge in [0.2, 0.25) is 0 Å². The quantitative estimate of drug-likeness (QED) is 0.824. The van der Waals surface area contributed by atoms with Gasteiger partial charge in [0, 0.05) is 17.3 Å². The molecule has 3 heteroatoms. The third-order valence-corrected chi connectivity index (χ3v) is 3.87. The summed E-state index contributed by atoms with van der Waals surface area (Å²) in [5.41, 5.74) is 2.33. The fourth-order valence-corrected chi connectivity index (χ4v) is 1.93. The molecule has 1 fully saturated rings. The molecule has 2 nitrogen and oxygen atoms in total. The maximum atomic E-state index is 10.8. The van der Waals surface area contributed by atoms with Gasteiger partial charge in [-0.1, -0.05) is 15.9 Å². The Morgan fingerprint density at radius 3 is 2.27 bits per heavy atom. The molecule has 1 aliphatic rings. The van der Waals surface area contributed by atoms with Crippen molar-refractivity contribution >= 4 is 21.7 Å². The van der Waals surface area contributed by atoms with E-state index < -0.39 is 0 Å². The highest BCUT2D eigenvalue weighted by atomic mass is 79.9. The molecular weight excluding hydrogens is 256 g/mol. The minimum Gasteiger partial charge on any atom is -0.489 e. The number of hydrogen-bond acceptors (Lipinski definition) is 2. The molecule has 0 atom stereocenters. The third-order valence-electron chi connectivity index (χ3n) is 2.62. The molecule has 0 aliphatic heterocycles. The molecule has 0 saturated heterocycles. The molecular formula is C12H13BrO2. The Hall–Kier alpha value is -0.830. The molecule has 0 amide bonds. The van der Waals surface area contributed by atoms with Crippen molar-refractivity contribution in [3.8, 4) is 5.75 Å². The predicted octanol–water partition coefficient (Wildman–Crippen LogP) is 3.18. The number of Topliss-reactive ketones (excluding diaryl/α,β-unsaturated/α-hetero) is 1. The molecule has 0 unspecified atom stereocenters. The first-order chi connectivity index (χ1) is 7.06. The predicted molar refractivity (Wildman–Crippen MR) is 62.3 cm³/mol. The number of ether oxygens (including phenoxy) is 1. The maximum absolute atomic E-state index is 10.8. The van der Waals surface area contributed by atoms with Crippen LogP contribution in [0.2, 0.25) is 0 Å². The highest BCUT2D eigenvalue weighted by Crippen LogP contribution is 2.29. The summed E-state index contributed by atoms with van der Waals surface area (Å²) in [6, 6.07) is 4.00. The van der Waals surface area contributed by atoms with Gasteiger partial charge in [0.1, 0.15) is 17.6 Å². The van der Waals surface area contributed by atoms with Crippen molar-refractivity contribution in [3.05, 3.63) is 27.7 Å². The summed E-state index contributed by atoms with van der Waals surface area (Å²) in [7, 11) is 0. The van der Waals surface area contributed by atoms with Crippen molar-refractivity contribution < 1.29 is 9.53 Å². The van der Waals surface area contributed by atoms with Crippen molar-refractivity contribution in [2.45, 2.75) is 32.8 Å². The van der Waals surface area contributed by atoms with Crippen LogP contribution in [0.3, 0.4) is 0 Å². The first-order valence-electron chi connectivity index (χ1n) is 5.01. The molecule has 0 radical (unpaired) electrons. The third kappa shape index (κ3) is 2.23. The summed E-state index contributed by atoms with van der Waals surface area (Å²) in [5.74, 6) is 1.16. The molecule has 15 heavy (non-hydrogen) atoms. The van der Waals surface area contributed by atoms with Gasteiger partial charge in [0.15, 0.2) is 0 Å². The molecule has 0 heterocycles. The smallest absolute Gasteiger partial charge is 0.140 e. The molecule has 1 aromatic rings. The monoisotopic (exact) mass is 268 g/mol. The van der Waals surface area contributed by atoms with E-state index in [9.17, 15) is 4.79 Å². The summed E-state index contributed by atoms with van der Waals surface area (Å²) in [6.07, 6.45) is 1.22. The Morgan fingerprint density at radius 1 is 1.27 bits per heavy atom. The average molecular weight is 269 g/mol. The Morgan fingerprint density at radius 2 is 1.80 bits per heavy atom. The number of rotatable bonds is 2. The van der Waals surface area contributed by atoms with E-state index in [1.807, 2.05) is 26.0 Å². The summed E-state index contributed by atoms with van der Waals surface area (Å²) in [4.78, 5) is 10.8. The van der Waals surface area contributed by atoms with Crippen LogP contribution in [-0.2, 0) is 4.79 Å². The lowest BCUT2D eigenvalue weighted by molar-refractivity contribution is -0.129. The van der Waals surface area contributed by atoms with Crippen molar-refractivity contribution in [1.82, 2.24) is 0 Å². The van der Waals surface area contributed by atoms with Gasteiger partial charge in [-0.2, -0.15) is 0 Å². The van der Waals surface area contributed by atoms with E-state index >= 15 is 0 Å². The van der Waals surface area contributed by atoms with Crippen LogP contribution in [0.4, 0.5) is 0 Å². The fourth-order valence-electron chi connectivity index (χ4n) is 1.70. The average Bonchev–Trinajstić information content (AvgIpc) is 2.11. The van der Waals surface area contributed by atoms with E-state index in [0.717, 1.165) is 21.3 Å². The summed E-state index contributed by atoms with van der Waals surface area (Å²) in [6.45, 7) is 4.08. The minimum absolute atomic E-state index is 0.0949. The SMILES string of the molecule is Cc1cc(OC2CC(=O)C2)cc(C)c1Br. The minimum atomic E-state index is 0.0949. The maximum Gasteiger partial charge on any atom is 0.140 e. The van der Waals surface area contributed by atoms with Gasteiger partial charge < -0.3 is 4.74 Å². The van der Waals surface area contributed by atoms with Gasteiger partial charge in [-0.05, 0) is 37.1 Å². The normalized spacial score (nSPS) is 16.3. The zero-order chi connectivity index (χ0) is 11.0. The number of carbonyl (C=O) groups is 1. The van der Waals surface area contributed by atoms with Gasteiger partial charge in [0.25, 0.3) is 0 Å². The Balaban J connectivity index is 2.12. The number of hydrogen-bond donors (Lipinski definition) is 0. The molecule has 0 N–H and O–H groups in total. The molecule has 80 valence electrons. The highest BCUT2D eigenvalue weighted by molar-refractivity contribution is 9.10. The Bertz CT molecular complexity index is 381. The largest absolute Gasteiger partial charge is 0.489 e. The first kappa shape index (κ1) is 10.7. The van der Waals surface area contributed by atoms with Crippen LogP contribution in [0.15, 0.2) is 16.6 Å². The zero-order valence-corrected chi connectivity index (χ0v) is 10.4. The molecule has 1 aromatic carbocycles. The number of carbonyl (C=O) groups excluding carboxylic acids is 1. The van der Waals surface area contributed by atoms with E-state index in [4.69, 9.17) is 4.74 Å². The van der Waals surface area contributed by atoms with Gasteiger partial charge in [-0.3, -0.25) is 4.79 Å². The lowest BCUT2D eigenvalue weighted by Gasteiger charge is -2.25. The van der Waals surface area contributed by atoms with Crippen molar-refractivity contribution in [3.63, 3.8) is 0 Å². The zero-order valence-electron chi connectivity index (χ0n) is 8.84. The van der Waals surface area contributed by atoms with Crippen molar-refractivity contribution in [1.29, 1.82) is 0 Å². The Kier molecular flexibility index (Phi) is 2.83. The molecule has 0 bridgehead atoms. The van der Waals surface area contributed by atoms with Crippen molar-refractivity contribution in [2.75, 3.05) is 0 Å². The van der Waals surface area contributed by atoms with E-state index in [1.165, 1.54) is 0 Å². The number of halogens is 1. The second kappa shape index (κ2) is 3.97. The van der Waals surface area contributed by atoms with Crippen molar-refractivity contribution in [2.24, 2.45) is 0 Å². The van der Waals surface area contributed by atoms with Gasteiger partial charge in [0.05, 0.1) is 0 Å². The van der Waals surface area contributed by atoms with Crippen LogP contribution in [0.5, 0.6) is 5.75 Å². The molecule has 0 aromatic heterocycles. The first-order valence-corrected chi connectivity index (χ1v) is 5.80. The molecule has 1 aliphatic carbocycles.